The highest BCUT2D eigenvalue weighted by atomic mass is 79.9. The summed E-state index contributed by atoms with van der Waals surface area (Å²) in [5.41, 5.74) is 1.91. The molecule has 0 aliphatic heterocycles. The minimum atomic E-state index is 0.431. The van der Waals surface area contributed by atoms with Crippen LogP contribution in [0.25, 0.3) is 0 Å². The number of benzene rings is 1. The number of halogens is 1. The predicted molar refractivity (Wildman–Crippen MR) is 72.5 cm³/mol. The van der Waals surface area contributed by atoms with E-state index in [-0.39, 0.29) is 0 Å². The van der Waals surface area contributed by atoms with Crippen LogP contribution in [0.15, 0.2) is 28.7 Å². The van der Waals surface area contributed by atoms with Crippen LogP contribution in [-0.2, 0) is 0 Å². The van der Waals surface area contributed by atoms with Gasteiger partial charge in [0.2, 0.25) is 0 Å². The van der Waals surface area contributed by atoms with Gasteiger partial charge in [-0.25, -0.2) is 0 Å². The third kappa shape index (κ3) is 2.67. The predicted octanol–water partition coefficient (Wildman–Crippen LogP) is 4.29. The first-order valence-corrected chi connectivity index (χ1v) is 6.82. The minimum absolute atomic E-state index is 0.431. The monoisotopic (exact) mass is 281 g/mol. The van der Waals surface area contributed by atoms with E-state index in [1.54, 1.807) is 0 Å². The fourth-order valence-corrected chi connectivity index (χ4v) is 2.32. The Hall–Kier alpha value is -0.340. The molecule has 0 heterocycles. The largest absolute Gasteiger partial charge is 0.307 e. The van der Waals surface area contributed by atoms with Gasteiger partial charge in [-0.2, -0.15) is 0 Å². The molecule has 0 radical (unpaired) electrons. The standard InChI is InChI=1S/C14H20BrN/c1-10(12-4-6-13(15)7-5-12)16-11(2)14(3)8-9-14/h4-7,10-11,16H,8-9H2,1-3H3/t10-,11?/m0/s1. The third-order valence-corrected chi connectivity index (χ3v) is 4.48. The second-order valence-corrected chi connectivity index (χ2v) is 6.23. The summed E-state index contributed by atoms with van der Waals surface area (Å²) < 4.78 is 1.14. The van der Waals surface area contributed by atoms with E-state index in [9.17, 15) is 0 Å². The third-order valence-electron chi connectivity index (χ3n) is 3.95. The second kappa shape index (κ2) is 4.50. The van der Waals surface area contributed by atoms with E-state index >= 15 is 0 Å². The Balaban J connectivity index is 1.97. The first-order chi connectivity index (χ1) is 7.51. The van der Waals surface area contributed by atoms with Crippen molar-refractivity contribution in [2.75, 3.05) is 0 Å². The van der Waals surface area contributed by atoms with Crippen LogP contribution < -0.4 is 5.32 Å². The molecule has 1 aliphatic carbocycles. The highest BCUT2D eigenvalue weighted by molar-refractivity contribution is 9.10. The zero-order valence-corrected chi connectivity index (χ0v) is 11.8. The van der Waals surface area contributed by atoms with E-state index < -0.39 is 0 Å². The van der Waals surface area contributed by atoms with E-state index in [2.05, 4.69) is 66.3 Å². The van der Waals surface area contributed by atoms with Gasteiger partial charge in [-0.05, 0) is 49.8 Å². The number of hydrogen-bond donors (Lipinski definition) is 1. The van der Waals surface area contributed by atoms with E-state index in [1.807, 2.05) is 0 Å². The highest BCUT2D eigenvalue weighted by Crippen LogP contribution is 2.48. The van der Waals surface area contributed by atoms with Gasteiger partial charge >= 0.3 is 0 Å². The minimum Gasteiger partial charge on any atom is -0.307 e. The maximum absolute atomic E-state index is 3.70. The Morgan fingerprint density at radius 3 is 2.25 bits per heavy atom. The molecule has 0 amide bonds. The molecule has 88 valence electrons. The first-order valence-electron chi connectivity index (χ1n) is 6.03. The van der Waals surface area contributed by atoms with Crippen molar-refractivity contribution in [2.24, 2.45) is 5.41 Å². The van der Waals surface area contributed by atoms with Gasteiger partial charge in [0.05, 0.1) is 0 Å². The number of nitrogens with one attached hydrogen (secondary N) is 1. The molecule has 2 rings (SSSR count). The molecular formula is C14H20BrN. The van der Waals surface area contributed by atoms with Crippen LogP contribution in [-0.4, -0.2) is 6.04 Å². The molecule has 1 unspecified atom stereocenters. The molecule has 0 spiro atoms. The van der Waals surface area contributed by atoms with E-state index in [4.69, 9.17) is 0 Å². The van der Waals surface area contributed by atoms with Crippen molar-refractivity contribution in [3.05, 3.63) is 34.3 Å². The van der Waals surface area contributed by atoms with Crippen LogP contribution >= 0.6 is 15.9 Å². The molecule has 1 saturated carbocycles. The summed E-state index contributed by atoms with van der Waals surface area (Å²) in [5, 5.41) is 3.70. The lowest BCUT2D eigenvalue weighted by atomic mass is 9.98. The molecular weight excluding hydrogens is 262 g/mol. The highest BCUT2D eigenvalue weighted by Gasteiger charge is 2.42. The van der Waals surface area contributed by atoms with Gasteiger partial charge in [-0.1, -0.05) is 35.0 Å². The van der Waals surface area contributed by atoms with Gasteiger partial charge in [0.15, 0.2) is 0 Å². The van der Waals surface area contributed by atoms with Crippen LogP contribution in [0.5, 0.6) is 0 Å². The van der Waals surface area contributed by atoms with Crippen LogP contribution in [0.3, 0.4) is 0 Å². The normalized spacial score (nSPS) is 21.5. The van der Waals surface area contributed by atoms with Gasteiger partial charge in [-0.15, -0.1) is 0 Å². The van der Waals surface area contributed by atoms with Crippen molar-refractivity contribution >= 4 is 15.9 Å². The zero-order valence-electron chi connectivity index (χ0n) is 10.3. The van der Waals surface area contributed by atoms with Gasteiger partial charge < -0.3 is 5.32 Å². The lowest BCUT2D eigenvalue weighted by Gasteiger charge is -2.25. The lowest BCUT2D eigenvalue weighted by Crippen LogP contribution is -2.35. The van der Waals surface area contributed by atoms with Crippen molar-refractivity contribution in [2.45, 2.75) is 45.7 Å². The van der Waals surface area contributed by atoms with Crippen LogP contribution in [0.1, 0.15) is 45.2 Å². The fraction of sp³-hybridized carbons (Fsp3) is 0.571. The quantitative estimate of drug-likeness (QED) is 0.868. The molecule has 2 heteroatoms. The van der Waals surface area contributed by atoms with E-state index in [0.29, 0.717) is 17.5 Å². The summed E-state index contributed by atoms with van der Waals surface area (Å²) in [4.78, 5) is 0. The average Bonchev–Trinajstić information content (AvgIpc) is 2.99. The van der Waals surface area contributed by atoms with Gasteiger partial charge in [-0.3, -0.25) is 0 Å². The van der Waals surface area contributed by atoms with Crippen molar-refractivity contribution in [3.8, 4) is 0 Å². The average molecular weight is 282 g/mol. The molecule has 1 aromatic carbocycles. The molecule has 2 atom stereocenters. The van der Waals surface area contributed by atoms with Crippen LogP contribution in [0.4, 0.5) is 0 Å². The summed E-state index contributed by atoms with van der Waals surface area (Å²) >= 11 is 3.47. The number of hydrogen-bond acceptors (Lipinski definition) is 1. The Labute approximate surface area is 107 Å². The Morgan fingerprint density at radius 1 is 1.19 bits per heavy atom. The maximum Gasteiger partial charge on any atom is 0.0294 e. The molecule has 0 saturated heterocycles. The summed E-state index contributed by atoms with van der Waals surface area (Å²) in [6.45, 7) is 6.92. The Kier molecular flexibility index (Phi) is 3.41. The molecule has 1 aromatic rings. The van der Waals surface area contributed by atoms with Gasteiger partial charge in [0.1, 0.15) is 0 Å². The first kappa shape index (κ1) is 12.1. The lowest BCUT2D eigenvalue weighted by molar-refractivity contribution is 0.350. The van der Waals surface area contributed by atoms with E-state index in [1.165, 1.54) is 18.4 Å². The van der Waals surface area contributed by atoms with Crippen molar-refractivity contribution in [1.82, 2.24) is 5.32 Å². The smallest absolute Gasteiger partial charge is 0.0294 e. The fourth-order valence-electron chi connectivity index (χ4n) is 2.05. The van der Waals surface area contributed by atoms with Crippen LogP contribution in [0.2, 0.25) is 0 Å². The molecule has 0 bridgehead atoms. The van der Waals surface area contributed by atoms with E-state index in [0.717, 1.165) is 4.47 Å². The van der Waals surface area contributed by atoms with Crippen molar-refractivity contribution in [3.63, 3.8) is 0 Å². The molecule has 1 N–H and O–H groups in total. The number of rotatable bonds is 4. The topological polar surface area (TPSA) is 12.0 Å². The molecule has 16 heavy (non-hydrogen) atoms. The Bertz CT molecular complexity index is 354. The SMILES string of the molecule is CC(N[C@@H](C)c1ccc(Br)cc1)C1(C)CC1. The second-order valence-electron chi connectivity index (χ2n) is 5.32. The Morgan fingerprint density at radius 2 is 1.75 bits per heavy atom. The van der Waals surface area contributed by atoms with Gasteiger partial charge in [0.25, 0.3) is 0 Å². The maximum atomic E-state index is 3.70. The zero-order chi connectivity index (χ0) is 11.8. The molecule has 1 fully saturated rings. The summed E-state index contributed by atoms with van der Waals surface area (Å²) in [5.74, 6) is 0. The van der Waals surface area contributed by atoms with Gasteiger partial charge in [0, 0.05) is 16.6 Å². The summed E-state index contributed by atoms with van der Waals surface area (Å²) in [6.07, 6.45) is 2.74. The van der Waals surface area contributed by atoms with Crippen LogP contribution in [0, 0.1) is 5.41 Å². The molecule has 0 aromatic heterocycles. The van der Waals surface area contributed by atoms with Crippen molar-refractivity contribution in [1.29, 1.82) is 0 Å². The summed E-state index contributed by atoms with van der Waals surface area (Å²) in [7, 11) is 0. The van der Waals surface area contributed by atoms with Crippen molar-refractivity contribution < 1.29 is 0 Å². The molecule has 1 aliphatic rings. The summed E-state index contributed by atoms with van der Waals surface area (Å²) in [6, 6.07) is 9.62. The molecule has 1 nitrogen and oxygen atoms in total.